The minimum atomic E-state index is -0.191. The number of thioether (sulfide) groups is 1. The van der Waals surface area contributed by atoms with Gasteiger partial charge in [-0.15, -0.1) is 21.5 Å². The zero-order valence-corrected chi connectivity index (χ0v) is 17.5. The first-order valence-electron chi connectivity index (χ1n) is 8.93. The van der Waals surface area contributed by atoms with Gasteiger partial charge in [-0.05, 0) is 43.0 Å². The highest BCUT2D eigenvalue weighted by Gasteiger charge is 2.20. The number of fused-ring (bicyclic) bond motifs is 1. The highest BCUT2D eigenvalue weighted by Crippen LogP contribution is 2.28. The molecule has 4 heterocycles. The molecule has 4 rings (SSSR count). The molecule has 0 atom stereocenters. The number of nitrogens with one attached hydrogen (secondary N) is 1. The molecule has 4 aromatic rings. The first-order valence-corrected chi connectivity index (χ1v) is 10.8. The van der Waals surface area contributed by atoms with Crippen LogP contribution in [0.2, 0.25) is 0 Å². The van der Waals surface area contributed by atoms with Crippen LogP contribution in [-0.2, 0) is 11.3 Å². The molecule has 0 saturated heterocycles. The second-order valence-electron chi connectivity index (χ2n) is 6.46. The highest BCUT2D eigenvalue weighted by atomic mass is 32.2. The maximum atomic E-state index is 12.7. The van der Waals surface area contributed by atoms with Crippen LogP contribution < -0.4 is 5.32 Å². The van der Waals surface area contributed by atoms with Crippen LogP contribution >= 0.6 is 23.1 Å². The monoisotopic (exact) mass is 422 g/mol. The highest BCUT2D eigenvalue weighted by molar-refractivity contribution is 7.99. The average Bonchev–Trinajstić information content (AvgIpc) is 3.43. The van der Waals surface area contributed by atoms with E-state index in [4.69, 9.17) is 0 Å². The Morgan fingerprint density at radius 1 is 1.28 bits per heavy atom. The van der Waals surface area contributed by atoms with Crippen LogP contribution in [0.5, 0.6) is 0 Å². The zero-order chi connectivity index (χ0) is 20.4. The number of hydrogen-bond donors (Lipinski definition) is 1. The van der Waals surface area contributed by atoms with Gasteiger partial charge >= 0.3 is 0 Å². The van der Waals surface area contributed by atoms with E-state index in [1.165, 1.54) is 11.8 Å². The lowest BCUT2D eigenvalue weighted by Crippen LogP contribution is -2.18. The topological polar surface area (TPSA) is 88.0 Å². The normalized spacial score (nSPS) is 10.9. The molecule has 0 fully saturated rings. The molecule has 0 aliphatic rings. The average molecular weight is 423 g/mol. The van der Waals surface area contributed by atoms with Crippen molar-refractivity contribution in [2.75, 3.05) is 11.1 Å². The molecule has 1 N–H and O–H groups in total. The molecule has 29 heavy (non-hydrogen) atoms. The predicted molar refractivity (Wildman–Crippen MR) is 114 cm³/mol. The number of hydrogen-bond acceptors (Lipinski definition) is 6. The quantitative estimate of drug-likeness (QED) is 0.477. The Hall–Kier alpha value is -3.09. The van der Waals surface area contributed by atoms with Crippen molar-refractivity contribution >= 4 is 40.5 Å². The molecular formula is C20H18N6OS2. The number of rotatable bonds is 6. The molecule has 0 aliphatic heterocycles. The van der Waals surface area contributed by atoms with E-state index in [0.717, 1.165) is 21.8 Å². The van der Waals surface area contributed by atoms with Gasteiger partial charge in [0, 0.05) is 16.8 Å². The number of pyridine rings is 1. The molecule has 4 aromatic heterocycles. The SMILES string of the molecule is Cc1c(C#N)c(NC(=O)CSc2nnc3ccccn23)n(Cc2cccs2)c1C. The van der Waals surface area contributed by atoms with Gasteiger partial charge in [0.1, 0.15) is 11.9 Å². The Morgan fingerprint density at radius 2 is 2.14 bits per heavy atom. The van der Waals surface area contributed by atoms with Crippen molar-refractivity contribution in [3.8, 4) is 6.07 Å². The summed E-state index contributed by atoms with van der Waals surface area (Å²) in [4.78, 5) is 13.8. The predicted octanol–water partition coefficient (Wildman–Crippen LogP) is 3.86. The molecule has 0 aromatic carbocycles. The van der Waals surface area contributed by atoms with Crippen molar-refractivity contribution in [1.29, 1.82) is 5.26 Å². The van der Waals surface area contributed by atoms with E-state index in [-0.39, 0.29) is 11.7 Å². The van der Waals surface area contributed by atoms with Crippen molar-refractivity contribution < 1.29 is 4.79 Å². The van der Waals surface area contributed by atoms with Gasteiger partial charge in [0.15, 0.2) is 10.8 Å². The number of carbonyl (C=O) groups excluding carboxylic acids is 1. The van der Waals surface area contributed by atoms with Gasteiger partial charge < -0.3 is 9.88 Å². The molecule has 0 radical (unpaired) electrons. The van der Waals surface area contributed by atoms with E-state index in [9.17, 15) is 10.1 Å². The van der Waals surface area contributed by atoms with Crippen molar-refractivity contribution in [1.82, 2.24) is 19.2 Å². The summed E-state index contributed by atoms with van der Waals surface area (Å²) in [6.45, 7) is 4.49. The van der Waals surface area contributed by atoms with E-state index >= 15 is 0 Å². The molecular weight excluding hydrogens is 404 g/mol. The van der Waals surface area contributed by atoms with Gasteiger partial charge in [0.05, 0.1) is 17.9 Å². The minimum Gasteiger partial charge on any atom is -0.325 e. The molecule has 0 saturated carbocycles. The third-order valence-corrected chi connectivity index (χ3v) is 6.51. The van der Waals surface area contributed by atoms with Gasteiger partial charge in [-0.3, -0.25) is 9.20 Å². The molecule has 9 heteroatoms. The number of amides is 1. The Bertz CT molecular complexity index is 1220. The summed E-state index contributed by atoms with van der Waals surface area (Å²) >= 11 is 2.95. The molecule has 1 amide bonds. The Morgan fingerprint density at radius 3 is 2.90 bits per heavy atom. The number of nitriles is 1. The van der Waals surface area contributed by atoms with Crippen molar-refractivity contribution in [2.24, 2.45) is 0 Å². The molecule has 0 bridgehead atoms. The minimum absolute atomic E-state index is 0.169. The van der Waals surface area contributed by atoms with Crippen molar-refractivity contribution in [3.63, 3.8) is 0 Å². The first kappa shape index (κ1) is 19.2. The summed E-state index contributed by atoms with van der Waals surface area (Å²) in [5.74, 6) is 0.528. The second-order valence-corrected chi connectivity index (χ2v) is 8.43. The number of carbonyl (C=O) groups is 1. The molecule has 146 valence electrons. The zero-order valence-electron chi connectivity index (χ0n) is 15.9. The summed E-state index contributed by atoms with van der Waals surface area (Å²) in [6.07, 6.45) is 1.86. The van der Waals surface area contributed by atoms with Crippen molar-refractivity contribution in [2.45, 2.75) is 25.5 Å². The fourth-order valence-electron chi connectivity index (χ4n) is 3.10. The second kappa shape index (κ2) is 8.11. The lowest BCUT2D eigenvalue weighted by Gasteiger charge is -2.12. The van der Waals surface area contributed by atoms with E-state index in [2.05, 4.69) is 21.6 Å². The maximum absolute atomic E-state index is 12.7. The Kier molecular flexibility index (Phi) is 5.38. The molecule has 0 spiro atoms. The van der Waals surface area contributed by atoms with Crippen LogP contribution in [0.3, 0.4) is 0 Å². The number of aromatic nitrogens is 4. The van der Waals surface area contributed by atoms with E-state index in [1.807, 2.05) is 64.7 Å². The summed E-state index contributed by atoms with van der Waals surface area (Å²) in [5.41, 5.74) is 3.10. The van der Waals surface area contributed by atoms with Crippen molar-refractivity contribution in [3.05, 3.63) is 63.6 Å². The lowest BCUT2D eigenvalue weighted by molar-refractivity contribution is -0.113. The van der Waals surface area contributed by atoms with Crippen LogP contribution in [0.1, 0.15) is 21.7 Å². The third-order valence-electron chi connectivity index (χ3n) is 4.71. The van der Waals surface area contributed by atoms with Gasteiger partial charge in [-0.1, -0.05) is 23.9 Å². The third kappa shape index (κ3) is 3.77. The fraction of sp³-hybridized carbons (Fsp3) is 0.200. The van der Waals surface area contributed by atoms with Crippen LogP contribution in [-0.4, -0.2) is 30.8 Å². The summed E-state index contributed by atoms with van der Waals surface area (Å²) in [7, 11) is 0. The summed E-state index contributed by atoms with van der Waals surface area (Å²) < 4.78 is 3.83. The van der Waals surface area contributed by atoms with Crippen LogP contribution in [0.25, 0.3) is 5.65 Å². The summed E-state index contributed by atoms with van der Waals surface area (Å²) in [5, 5.41) is 23.5. The molecule has 0 aliphatic carbocycles. The smallest absolute Gasteiger partial charge is 0.235 e. The molecule has 7 nitrogen and oxygen atoms in total. The van der Waals surface area contributed by atoms with E-state index in [1.54, 1.807) is 11.3 Å². The number of anilines is 1. The largest absolute Gasteiger partial charge is 0.325 e. The Balaban J connectivity index is 1.54. The fourth-order valence-corrected chi connectivity index (χ4v) is 4.52. The van der Waals surface area contributed by atoms with Gasteiger partial charge in [-0.25, -0.2) is 0 Å². The number of thiophene rings is 1. The van der Waals surface area contributed by atoms with Crippen LogP contribution in [0, 0.1) is 25.2 Å². The standard InChI is InChI=1S/C20H18N6OS2/c1-13-14(2)26(11-15-6-5-9-28-15)19(16(13)10-21)22-18(27)12-29-20-24-23-17-7-3-4-8-25(17)20/h3-9H,11-12H2,1-2H3,(H,22,27). The molecule has 0 unspecified atom stereocenters. The van der Waals surface area contributed by atoms with Gasteiger partial charge in [0.25, 0.3) is 0 Å². The lowest BCUT2D eigenvalue weighted by atomic mass is 10.2. The van der Waals surface area contributed by atoms with E-state index < -0.39 is 0 Å². The Labute approximate surface area is 176 Å². The van der Waals surface area contributed by atoms with Crippen LogP contribution in [0.15, 0.2) is 47.1 Å². The van der Waals surface area contributed by atoms with E-state index in [0.29, 0.717) is 23.1 Å². The first-order chi connectivity index (χ1) is 14.1. The van der Waals surface area contributed by atoms with Gasteiger partial charge in [0.2, 0.25) is 5.91 Å². The maximum Gasteiger partial charge on any atom is 0.235 e. The summed E-state index contributed by atoms with van der Waals surface area (Å²) in [6, 6.07) is 11.9. The van der Waals surface area contributed by atoms with Gasteiger partial charge in [-0.2, -0.15) is 5.26 Å². The van der Waals surface area contributed by atoms with Crippen LogP contribution in [0.4, 0.5) is 5.82 Å². The number of nitrogens with zero attached hydrogens (tertiary/aromatic N) is 5.